The number of para-hydroxylation sites is 9. The van der Waals surface area contributed by atoms with Gasteiger partial charge in [-0.3, -0.25) is 14.0 Å². The van der Waals surface area contributed by atoms with Gasteiger partial charge in [0, 0.05) is 63.8 Å². The molecule has 1 aliphatic heterocycles. The van der Waals surface area contributed by atoms with Crippen LogP contribution in [0.1, 0.15) is 4.88 Å². The zero-order chi connectivity index (χ0) is 92.0. The number of imidazole rings is 2. The van der Waals surface area contributed by atoms with E-state index in [1.807, 2.05) is 83.3 Å². The van der Waals surface area contributed by atoms with Gasteiger partial charge in [-0.05, 0) is 204 Å². The summed E-state index contributed by atoms with van der Waals surface area (Å²) in [4.78, 5) is 19.0. The molecule has 30 rings (SSSR count). The van der Waals surface area contributed by atoms with E-state index < -0.39 is 16.1 Å². The second-order valence-electron chi connectivity index (χ2n) is 35.4. The Balaban J connectivity index is 0.000000113. The molecule has 29 aromatic rings. The molecule has 0 spiro atoms. The molecule has 1 aliphatic rings. The van der Waals surface area contributed by atoms with Crippen LogP contribution in [0.5, 0.6) is 0 Å². The number of hydrogen-bond acceptors (Lipinski definition) is 6. The molecule has 0 atom stereocenters. The SMILES string of the molecule is [Pt+2].[Pt+2].[Pt+2].[c-]1c(-c2cccc3cccnc23)cccc1-n1c2[c-]c3c(ccc4c5ccccc5n([PH+](c5ccccc5)c5ccccc5)c34)cc2c2ccccc21.[c-]1c(-c2ccccn2)cccc1-n1c2ccccc2n2c3ccc4c5ccccc5n([PH+](c5ccccc5)c5ccccc5)c4c3[c-]c12.[c-]1c(-n2ncc3ccccc32)cccc1-n1c2ccccc2n2c3sc4c(c3[c-]c12)N(c1ccccn1)CC4. The number of thiophene rings is 1. The molecule has 0 bridgehead atoms. The number of pyridine rings is 3. The number of nitrogens with zero attached hydrogens (tertiary/aromatic N) is 13. The molecule has 0 radical (unpaired) electrons. The molecule has 19 heteroatoms. The number of hydrogen-bond donors (Lipinski definition) is 0. The van der Waals surface area contributed by atoms with Gasteiger partial charge in [-0.1, -0.05) is 259 Å². The Bertz CT molecular complexity index is 9880. The van der Waals surface area contributed by atoms with Gasteiger partial charge in [-0.25, -0.2) is 20.7 Å². The summed E-state index contributed by atoms with van der Waals surface area (Å²) in [5.41, 5.74) is 25.8. The van der Waals surface area contributed by atoms with Crippen LogP contribution in [-0.2, 0) is 69.6 Å². The monoisotopic (exact) mass is 2430 g/mol. The second-order valence-corrected chi connectivity index (χ2v) is 41.1. The first kappa shape index (κ1) is 89.1. The first-order chi connectivity index (χ1) is 69.5. The van der Waals surface area contributed by atoms with Crippen LogP contribution in [0.2, 0.25) is 0 Å². The Morgan fingerprint density at radius 3 is 1.42 bits per heavy atom. The maximum absolute atomic E-state index is 4.76. The van der Waals surface area contributed by atoms with Crippen molar-refractivity contribution in [1.29, 1.82) is 0 Å². The molecular weight excluding hydrogens is 2350 g/mol. The van der Waals surface area contributed by atoms with E-state index in [4.69, 9.17) is 4.98 Å². The number of benzene rings is 17. The molecule has 13 heterocycles. The molecule has 0 saturated heterocycles. The van der Waals surface area contributed by atoms with Crippen LogP contribution in [0, 0.1) is 36.4 Å². The Kier molecular flexibility index (Phi) is 23.0. The van der Waals surface area contributed by atoms with Crippen molar-refractivity contribution in [3.8, 4) is 45.1 Å². The molecule has 0 aliphatic carbocycles. The third-order valence-electron chi connectivity index (χ3n) is 27.6. The predicted octanol–water partition coefficient (Wildman–Crippen LogP) is 28.0. The molecule has 684 valence electrons. The van der Waals surface area contributed by atoms with E-state index in [0.29, 0.717) is 0 Å². The summed E-state index contributed by atoms with van der Waals surface area (Å²) in [6.07, 6.45) is 8.49. The molecule has 0 saturated carbocycles. The van der Waals surface area contributed by atoms with Crippen molar-refractivity contribution >= 4 is 213 Å². The maximum atomic E-state index is 4.76. The molecule has 0 amide bonds. The normalized spacial score (nSPS) is 12.1. The summed E-state index contributed by atoms with van der Waals surface area (Å²) in [5, 5.41) is 24.2. The van der Waals surface area contributed by atoms with Crippen LogP contribution < -0.4 is 26.1 Å². The number of fused-ring (bicyclic) bond motifs is 26. The van der Waals surface area contributed by atoms with E-state index in [2.05, 4.69) is 464 Å². The van der Waals surface area contributed by atoms with Gasteiger partial charge >= 0.3 is 63.2 Å². The summed E-state index contributed by atoms with van der Waals surface area (Å²) in [6.45, 7) is 0.941. The number of anilines is 2. The zero-order valence-corrected chi connectivity index (χ0v) is 85.9. The van der Waals surface area contributed by atoms with Gasteiger partial charge < -0.3 is 32.4 Å². The summed E-state index contributed by atoms with van der Waals surface area (Å²) in [5.74, 6) is 0.987. The van der Waals surface area contributed by atoms with Crippen LogP contribution in [0.3, 0.4) is 0 Å². The molecular formula is C124H79N13P2Pt3S+2. The van der Waals surface area contributed by atoms with Crippen molar-refractivity contribution in [3.05, 3.63) is 485 Å². The summed E-state index contributed by atoms with van der Waals surface area (Å²) < 4.78 is 18.9. The minimum absolute atomic E-state index is 0. The van der Waals surface area contributed by atoms with E-state index in [9.17, 15) is 0 Å². The third-order valence-corrected chi connectivity index (χ3v) is 34.1. The van der Waals surface area contributed by atoms with Crippen LogP contribution in [-0.4, -0.2) is 62.5 Å². The topological polar surface area (TPSA) is 93.2 Å². The molecule has 0 fully saturated rings. The number of aromatic nitrogens is 12. The Morgan fingerprint density at radius 1 is 0.301 bits per heavy atom. The quantitative estimate of drug-likeness (QED) is 0.0847. The van der Waals surface area contributed by atoms with Crippen LogP contribution >= 0.6 is 27.5 Å². The largest absolute Gasteiger partial charge is 2.00 e. The fourth-order valence-corrected chi connectivity index (χ4v) is 28.4. The van der Waals surface area contributed by atoms with Gasteiger partial charge in [0.05, 0.1) is 44.8 Å². The van der Waals surface area contributed by atoms with Gasteiger partial charge in [-0.15, -0.1) is 124 Å². The maximum Gasteiger partial charge on any atom is 2.00 e. The summed E-state index contributed by atoms with van der Waals surface area (Å²) in [6, 6.07) is 172. The second kappa shape index (κ2) is 37.0. The van der Waals surface area contributed by atoms with Crippen LogP contribution in [0.4, 0.5) is 11.5 Å². The van der Waals surface area contributed by atoms with Crippen molar-refractivity contribution in [2.75, 3.05) is 11.4 Å². The van der Waals surface area contributed by atoms with Crippen molar-refractivity contribution in [2.45, 2.75) is 6.42 Å². The van der Waals surface area contributed by atoms with E-state index >= 15 is 0 Å². The van der Waals surface area contributed by atoms with Gasteiger partial charge in [0.25, 0.3) is 0 Å². The average molecular weight is 2430 g/mol. The minimum atomic E-state index is -1.49. The Morgan fingerprint density at radius 2 is 0.783 bits per heavy atom. The van der Waals surface area contributed by atoms with E-state index in [1.54, 1.807) is 0 Å². The van der Waals surface area contributed by atoms with Crippen molar-refractivity contribution < 1.29 is 63.2 Å². The predicted molar refractivity (Wildman–Crippen MR) is 584 cm³/mol. The third kappa shape index (κ3) is 14.7. The summed E-state index contributed by atoms with van der Waals surface area (Å²) in [7, 11) is -2.96. The van der Waals surface area contributed by atoms with Crippen molar-refractivity contribution in [1.82, 2.24) is 55.9 Å². The van der Waals surface area contributed by atoms with Gasteiger partial charge in [-0.2, -0.15) is 11.2 Å². The molecule has 0 N–H and O–H groups in total. The van der Waals surface area contributed by atoms with E-state index in [-0.39, 0.29) is 63.2 Å². The van der Waals surface area contributed by atoms with Crippen LogP contribution in [0.25, 0.3) is 198 Å². The molecule has 13 nitrogen and oxygen atoms in total. The summed E-state index contributed by atoms with van der Waals surface area (Å²) >= 11 is 1.87. The Labute approximate surface area is 871 Å². The fourth-order valence-electron chi connectivity index (χ4n) is 21.6. The smallest absolute Gasteiger partial charge is 0.378 e. The van der Waals surface area contributed by atoms with Gasteiger partial charge in [0.2, 0.25) is 0 Å². The van der Waals surface area contributed by atoms with E-state index in [0.717, 1.165) is 152 Å². The van der Waals surface area contributed by atoms with Crippen molar-refractivity contribution in [3.63, 3.8) is 0 Å². The first-order valence-corrected chi connectivity index (χ1v) is 50.8. The Hall–Kier alpha value is -15.3. The van der Waals surface area contributed by atoms with Crippen LogP contribution in [0.15, 0.2) is 443 Å². The van der Waals surface area contributed by atoms with E-state index in [1.165, 1.54) is 96.4 Å². The van der Waals surface area contributed by atoms with Gasteiger partial charge in [0.15, 0.2) is 8.07 Å². The van der Waals surface area contributed by atoms with Gasteiger partial charge in [0.1, 0.15) is 35.1 Å². The molecule has 143 heavy (non-hydrogen) atoms. The first-order valence-electron chi connectivity index (χ1n) is 47.1. The number of rotatable bonds is 13. The molecule has 0 unspecified atom stereocenters. The molecule has 17 aromatic carbocycles. The standard InChI is InChI=1S/C49H30N3P.C43H27N4P.C32H20N6S.3Pt/c1-3-18-37(19-4-1)53(38-20-5-2-6-21-38)52-46-26-10-8-22-40(46)42-28-27-35-31-44-41-23-7-9-25-45(41)51(47(44)32-43(35)49(42)52)36-17-11-15-34(30-36)39-24-12-14-33-16-13-29-50-48(33)39;1-3-16-32(17-4-1)48(33-18-5-2-6-19-33)47-39-22-8-7-20-34(39)35-25-26-38-36(43(35)47)29-42-45(40-23-9-10-24-41(40)46(38)42)31-15-13-14-30(28-31)37-21-11-12-27-44-37;1-2-11-25-21(8-1)20-34-38(25)23-10-7-9-22(18-23)36-26-12-3-4-13-27(26)37-30(36)19-24-31-28(39-32(24)37)15-17-35(31)29-14-5-6-16-33-29;;;/h1-29,31H;1-27H;1-14,16,20H,15,17H2;;;/q3*-2;3*+2/p+2. The average Bonchev–Trinajstić information content (AvgIpc) is 1.54. The fraction of sp³-hybridized carbons (Fsp3) is 0.0161. The van der Waals surface area contributed by atoms with Crippen molar-refractivity contribution in [2.24, 2.45) is 0 Å². The minimum Gasteiger partial charge on any atom is -0.378 e. The molecule has 12 aromatic heterocycles. The zero-order valence-electron chi connectivity index (χ0n) is 76.2.